The van der Waals surface area contributed by atoms with Crippen molar-refractivity contribution in [1.82, 2.24) is 4.98 Å². The van der Waals surface area contributed by atoms with Gasteiger partial charge in [0, 0.05) is 11.9 Å². The largest absolute Gasteiger partial charge is 0.384 e. The van der Waals surface area contributed by atoms with Crippen molar-refractivity contribution in [3.05, 3.63) is 59.4 Å². The molecule has 1 aromatic heterocycles. The summed E-state index contributed by atoms with van der Waals surface area (Å²) >= 11 is 0. The third-order valence-electron chi connectivity index (χ3n) is 2.60. The monoisotopic (exact) mass is 277 g/mol. The van der Waals surface area contributed by atoms with Crippen molar-refractivity contribution in [2.75, 3.05) is 11.9 Å². The van der Waals surface area contributed by atoms with E-state index in [-0.39, 0.29) is 12.3 Å². The van der Waals surface area contributed by atoms with E-state index in [2.05, 4.69) is 22.1 Å². The van der Waals surface area contributed by atoms with Crippen molar-refractivity contribution < 1.29 is 9.90 Å². The van der Waals surface area contributed by atoms with E-state index < -0.39 is 5.91 Å². The molecule has 21 heavy (non-hydrogen) atoms. The molecule has 1 aromatic carbocycles. The number of amides is 1. The van der Waals surface area contributed by atoms with Crippen LogP contribution in [0.25, 0.3) is 0 Å². The van der Waals surface area contributed by atoms with Crippen molar-refractivity contribution in [2.24, 2.45) is 0 Å². The van der Waals surface area contributed by atoms with Gasteiger partial charge in [-0.3, -0.25) is 4.79 Å². The van der Waals surface area contributed by atoms with Crippen LogP contribution < -0.4 is 5.32 Å². The first kappa shape index (κ1) is 14.3. The summed E-state index contributed by atoms with van der Waals surface area (Å²) in [5, 5.41) is 20.1. The van der Waals surface area contributed by atoms with Gasteiger partial charge in [-0.25, -0.2) is 4.98 Å². The van der Waals surface area contributed by atoms with Crippen molar-refractivity contribution in [3.8, 4) is 17.9 Å². The fourth-order valence-electron chi connectivity index (χ4n) is 1.64. The van der Waals surface area contributed by atoms with Gasteiger partial charge in [0.25, 0.3) is 5.91 Å². The first-order chi connectivity index (χ1) is 10.2. The molecule has 0 radical (unpaired) electrons. The molecule has 0 bridgehead atoms. The molecule has 2 aromatic rings. The van der Waals surface area contributed by atoms with Gasteiger partial charge < -0.3 is 10.4 Å². The maximum atomic E-state index is 12.2. The maximum Gasteiger partial charge on any atom is 0.275 e. The van der Waals surface area contributed by atoms with Crippen LogP contribution in [0.5, 0.6) is 0 Å². The molecule has 0 spiro atoms. The van der Waals surface area contributed by atoms with E-state index in [1.165, 1.54) is 6.20 Å². The van der Waals surface area contributed by atoms with Gasteiger partial charge in [-0.15, -0.1) is 0 Å². The number of hydrogen-bond acceptors (Lipinski definition) is 4. The molecule has 0 aliphatic carbocycles. The number of aliphatic hydroxyl groups excluding tert-OH is 1. The Morgan fingerprint density at radius 2 is 2.05 bits per heavy atom. The second kappa shape index (κ2) is 6.85. The molecule has 2 N–H and O–H groups in total. The normalized spacial score (nSPS) is 9.14. The fraction of sp³-hybridized carbons (Fsp3) is 0.0625. The predicted octanol–water partition coefficient (Wildman–Crippen LogP) is 1.55. The van der Waals surface area contributed by atoms with Crippen LogP contribution >= 0.6 is 0 Å². The minimum absolute atomic E-state index is 0.183. The van der Waals surface area contributed by atoms with E-state index in [1.807, 2.05) is 6.07 Å². The number of aliphatic hydroxyl groups is 1. The van der Waals surface area contributed by atoms with Crippen LogP contribution in [-0.2, 0) is 0 Å². The molecule has 0 unspecified atom stereocenters. The smallest absolute Gasteiger partial charge is 0.275 e. The van der Waals surface area contributed by atoms with Crippen molar-refractivity contribution in [1.29, 1.82) is 5.26 Å². The highest BCUT2D eigenvalue weighted by molar-refractivity contribution is 6.04. The summed E-state index contributed by atoms with van der Waals surface area (Å²) in [6.07, 6.45) is 1.50. The average molecular weight is 277 g/mol. The Labute approximate surface area is 121 Å². The highest BCUT2D eigenvalue weighted by Crippen LogP contribution is 2.11. The molecular formula is C16H11N3O2. The van der Waals surface area contributed by atoms with Crippen LogP contribution in [0.3, 0.4) is 0 Å². The molecule has 1 amide bonds. The summed E-state index contributed by atoms with van der Waals surface area (Å²) in [5.74, 6) is 4.77. The molecule has 0 aliphatic rings. The second-order valence-corrected chi connectivity index (χ2v) is 4.00. The Morgan fingerprint density at radius 3 is 2.71 bits per heavy atom. The summed E-state index contributed by atoms with van der Waals surface area (Å²) in [7, 11) is 0. The van der Waals surface area contributed by atoms with Crippen molar-refractivity contribution in [2.45, 2.75) is 0 Å². The van der Waals surface area contributed by atoms with E-state index in [0.29, 0.717) is 16.8 Å². The first-order valence-electron chi connectivity index (χ1n) is 6.11. The van der Waals surface area contributed by atoms with Gasteiger partial charge in [0.1, 0.15) is 12.3 Å². The van der Waals surface area contributed by atoms with Crippen molar-refractivity contribution in [3.63, 3.8) is 0 Å². The number of carbonyl (C=O) groups excluding carboxylic acids is 1. The summed E-state index contributed by atoms with van der Waals surface area (Å²) in [6.45, 7) is -0.286. The topological polar surface area (TPSA) is 86.0 Å². The highest BCUT2D eigenvalue weighted by atomic mass is 16.2. The molecule has 5 nitrogen and oxygen atoms in total. The second-order valence-electron chi connectivity index (χ2n) is 4.00. The molecular weight excluding hydrogens is 266 g/mol. The zero-order chi connectivity index (χ0) is 15.1. The van der Waals surface area contributed by atoms with E-state index in [0.717, 1.165) is 0 Å². The first-order valence-corrected chi connectivity index (χ1v) is 6.11. The lowest BCUT2D eigenvalue weighted by Gasteiger charge is -2.06. The SMILES string of the molecule is N#Cc1ccc(NC(=O)c2ncccc2C#CCO)cc1. The lowest BCUT2D eigenvalue weighted by atomic mass is 10.1. The highest BCUT2D eigenvalue weighted by Gasteiger charge is 2.11. The number of pyridine rings is 1. The third-order valence-corrected chi connectivity index (χ3v) is 2.60. The lowest BCUT2D eigenvalue weighted by molar-refractivity contribution is 0.102. The van der Waals surface area contributed by atoms with E-state index in [9.17, 15) is 4.79 Å². The van der Waals surface area contributed by atoms with Gasteiger partial charge >= 0.3 is 0 Å². The third kappa shape index (κ3) is 3.66. The number of carbonyl (C=O) groups is 1. The summed E-state index contributed by atoms with van der Waals surface area (Å²) in [6, 6.07) is 11.8. The van der Waals surface area contributed by atoms with Gasteiger partial charge in [0.15, 0.2) is 0 Å². The van der Waals surface area contributed by atoms with Gasteiger partial charge in [-0.1, -0.05) is 11.8 Å². The van der Waals surface area contributed by atoms with Gasteiger partial charge in [-0.2, -0.15) is 5.26 Å². The molecule has 0 saturated heterocycles. The van der Waals surface area contributed by atoms with E-state index in [4.69, 9.17) is 10.4 Å². The van der Waals surface area contributed by atoms with Crippen LogP contribution in [0.15, 0.2) is 42.6 Å². The number of anilines is 1. The Hall–Kier alpha value is -3.15. The minimum Gasteiger partial charge on any atom is -0.384 e. The predicted molar refractivity (Wildman–Crippen MR) is 77.3 cm³/mol. The number of aromatic nitrogens is 1. The number of hydrogen-bond donors (Lipinski definition) is 2. The molecule has 102 valence electrons. The van der Waals surface area contributed by atoms with Crippen LogP contribution in [0.4, 0.5) is 5.69 Å². The maximum absolute atomic E-state index is 12.2. The van der Waals surface area contributed by atoms with Gasteiger partial charge in [0.05, 0.1) is 17.2 Å². The van der Waals surface area contributed by atoms with E-state index in [1.54, 1.807) is 36.4 Å². The fourth-order valence-corrected chi connectivity index (χ4v) is 1.64. The number of rotatable bonds is 2. The Morgan fingerprint density at radius 1 is 1.29 bits per heavy atom. The Balaban J connectivity index is 2.22. The number of nitrogens with one attached hydrogen (secondary N) is 1. The van der Waals surface area contributed by atoms with Crippen LogP contribution in [-0.4, -0.2) is 22.6 Å². The summed E-state index contributed by atoms with van der Waals surface area (Å²) in [5.41, 5.74) is 1.70. The number of benzene rings is 1. The zero-order valence-electron chi connectivity index (χ0n) is 11.0. The van der Waals surface area contributed by atoms with Gasteiger partial charge in [0.2, 0.25) is 0 Å². The zero-order valence-corrected chi connectivity index (χ0v) is 11.0. The molecule has 0 fully saturated rings. The van der Waals surface area contributed by atoms with Crippen LogP contribution in [0.2, 0.25) is 0 Å². The molecule has 2 rings (SSSR count). The molecule has 0 aliphatic heterocycles. The van der Waals surface area contributed by atoms with E-state index >= 15 is 0 Å². The molecule has 1 heterocycles. The van der Waals surface area contributed by atoms with Crippen LogP contribution in [0.1, 0.15) is 21.6 Å². The summed E-state index contributed by atoms with van der Waals surface area (Å²) in [4.78, 5) is 16.2. The van der Waals surface area contributed by atoms with Crippen molar-refractivity contribution >= 4 is 11.6 Å². The molecule has 0 saturated carbocycles. The number of nitrogens with zero attached hydrogens (tertiary/aromatic N) is 2. The Kier molecular flexibility index (Phi) is 4.66. The van der Waals surface area contributed by atoms with Gasteiger partial charge in [-0.05, 0) is 36.4 Å². The quantitative estimate of drug-likeness (QED) is 0.815. The average Bonchev–Trinajstić information content (AvgIpc) is 2.54. The molecule has 5 heteroatoms. The number of nitriles is 1. The lowest BCUT2D eigenvalue weighted by Crippen LogP contribution is -2.15. The standard InChI is InChI=1S/C16H11N3O2/c17-11-12-5-7-14(8-6-12)19-16(21)15-13(4-2-10-20)3-1-9-18-15/h1,3,5-9,20H,10H2,(H,19,21). The molecule has 0 atom stereocenters. The minimum atomic E-state index is -0.400. The van der Waals surface area contributed by atoms with Crippen LogP contribution in [0, 0.1) is 23.2 Å². The summed E-state index contributed by atoms with van der Waals surface area (Å²) < 4.78 is 0. The Bertz CT molecular complexity index is 750.